The molecule has 18 heavy (non-hydrogen) atoms. The van der Waals surface area contributed by atoms with Crippen LogP contribution in [0.15, 0.2) is 47.1 Å². The van der Waals surface area contributed by atoms with Gasteiger partial charge in [0.25, 0.3) is 0 Å². The lowest BCUT2D eigenvalue weighted by Crippen LogP contribution is -2.06. The fraction of sp³-hybridized carbons (Fsp3) is 0.214. The maximum absolute atomic E-state index is 10.2. The van der Waals surface area contributed by atoms with E-state index in [1.807, 2.05) is 36.4 Å². The highest BCUT2D eigenvalue weighted by molar-refractivity contribution is 9.10. The van der Waals surface area contributed by atoms with Gasteiger partial charge in [-0.1, -0.05) is 18.2 Å². The fourth-order valence-corrected chi connectivity index (χ4v) is 2.34. The molecule has 0 bridgehead atoms. The van der Waals surface area contributed by atoms with E-state index in [-0.39, 0.29) is 0 Å². The Kier molecular flexibility index (Phi) is 4.33. The quantitative estimate of drug-likeness (QED) is 0.943. The molecule has 0 spiro atoms. The first-order chi connectivity index (χ1) is 8.72. The van der Waals surface area contributed by atoms with E-state index in [0.717, 1.165) is 15.8 Å². The topological polar surface area (TPSA) is 42.4 Å². The normalized spacial score (nSPS) is 12.2. The lowest BCUT2D eigenvalue weighted by Gasteiger charge is -2.14. The predicted molar refractivity (Wildman–Crippen MR) is 73.6 cm³/mol. The number of benzene rings is 1. The van der Waals surface area contributed by atoms with Gasteiger partial charge < -0.3 is 9.84 Å². The molecule has 0 aliphatic carbocycles. The van der Waals surface area contributed by atoms with Gasteiger partial charge >= 0.3 is 0 Å². The van der Waals surface area contributed by atoms with Crippen LogP contribution in [0.1, 0.15) is 17.4 Å². The van der Waals surface area contributed by atoms with Crippen molar-refractivity contribution < 1.29 is 9.84 Å². The zero-order chi connectivity index (χ0) is 13.0. The predicted octanol–water partition coefficient (Wildman–Crippen LogP) is 3.13. The van der Waals surface area contributed by atoms with Gasteiger partial charge in [0.15, 0.2) is 0 Å². The van der Waals surface area contributed by atoms with E-state index >= 15 is 0 Å². The molecule has 1 aromatic carbocycles. The second-order valence-electron chi connectivity index (χ2n) is 3.90. The highest BCUT2D eigenvalue weighted by Crippen LogP contribution is 2.27. The second-order valence-corrected chi connectivity index (χ2v) is 4.76. The summed E-state index contributed by atoms with van der Waals surface area (Å²) in [6.45, 7) is 0. The van der Waals surface area contributed by atoms with E-state index in [2.05, 4.69) is 20.9 Å². The average Bonchev–Trinajstić information content (AvgIpc) is 2.39. The molecule has 0 saturated carbocycles. The number of hydrogen-bond acceptors (Lipinski definition) is 3. The summed E-state index contributed by atoms with van der Waals surface area (Å²) in [6.07, 6.45) is 1.49. The molecule has 3 nitrogen and oxygen atoms in total. The molecule has 94 valence electrons. The van der Waals surface area contributed by atoms with Crippen LogP contribution in [-0.4, -0.2) is 17.2 Å². The fourth-order valence-electron chi connectivity index (χ4n) is 1.82. The van der Waals surface area contributed by atoms with Crippen LogP contribution in [0.4, 0.5) is 0 Å². The molecule has 0 amide bonds. The molecule has 2 rings (SSSR count). The Bertz CT molecular complexity index is 531. The molecule has 4 heteroatoms. The lowest BCUT2D eigenvalue weighted by atomic mass is 10.0. The summed E-state index contributed by atoms with van der Waals surface area (Å²) >= 11 is 3.39. The van der Waals surface area contributed by atoms with Gasteiger partial charge in [0.1, 0.15) is 11.9 Å². The number of hydrogen-bond donors (Lipinski definition) is 1. The van der Waals surface area contributed by atoms with Crippen molar-refractivity contribution >= 4 is 15.9 Å². The van der Waals surface area contributed by atoms with Crippen molar-refractivity contribution in [2.45, 2.75) is 12.5 Å². The van der Waals surface area contributed by atoms with Crippen LogP contribution >= 0.6 is 15.9 Å². The standard InChI is InChI=1S/C14H14BrNO2/c1-18-13-7-3-2-5-10(13)9-12(17)14-11(15)6-4-8-16-14/h2-8,12,17H,9H2,1H3. The Balaban J connectivity index is 2.21. The van der Waals surface area contributed by atoms with Crippen LogP contribution < -0.4 is 4.74 Å². The van der Waals surface area contributed by atoms with E-state index in [9.17, 15) is 5.11 Å². The molecule has 1 atom stereocenters. The van der Waals surface area contributed by atoms with Gasteiger partial charge in [0.2, 0.25) is 0 Å². The van der Waals surface area contributed by atoms with Crippen molar-refractivity contribution in [3.05, 3.63) is 58.3 Å². The van der Waals surface area contributed by atoms with E-state index < -0.39 is 6.10 Å². The number of para-hydroxylation sites is 1. The molecule has 1 aromatic heterocycles. The number of rotatable bonds is 4. The summed E-state index contributed by atoms with van der Waals surface area (Å²) < 4.78 is 6.08. The first-order valence-electron chi connectivity index (χ1n) is 5.62. The number of nitrogens with zero attached hydrogens (tertiary/aromatic N) is 1. The molecule has 1 N–H and O–H groups in total. The van der Waals surface area contributed by atoms with Crippen molar-refractivity contribution in [1.82, 2.24) is 4.98 Å². The Morgan fingerprint density at radius 1 is 1.28 bits per heavy atom. The molecule has 2 aromatic rings. The van der Waals surface area contributed by atoms with Crippen LogP contribution in [0.25, 0.3) is 0 Å². The minimum Gasteiger partial charge on any atom is -0.496 e. The van der Waals surface area contributed by atoms with Crippen molar-refractivity contribution in [2.24, 2.45) is 0 Å². The minimum absolute atomic E-state index is 0.472. The SMILES string of the molecule is COc1ccccc1CC(O)c1ncccc1Br. The van der Waals surface area contributed by atoms with Crippen LogP contribution in [-0.2, 0) is 6.42 Å². The number of aliphatic hydroxyl groups excluding tert-OH is 1. The molecule has 1 heterocycles. The third-order valence-electron chi connectivity index (χ3n) is 2.71. The smallest absolute Gasteiger partial charge is 0.122 e. The van der Waals surface area contributed by atoms with E-state index in [4.69, 9.17) is 4.74 Å². The van der Waals surface area contributed by atoms with Gasteiger partial charge in [-0.15, -0.1) is 0 Å². The van der Waals surface area contributed by atoms with Crippen molar-refractivity contribution in [2.75, 3.05) is 7.11 Å². The van der Waals surface area contributed by atoms with Gasteiger partial charge in [-0.05, 0) is 39.7 Å². The van der Waals surface area contributed by atoms with Gasteiger partial charge in [-0.3, -0.25) is 4.98 Å². The van der Waals surface area contributed by atoms with Crippen LogP contribution in [0.5, 0.6) is 5.75 Å². The Labute approximate surface area is 115 Å². The Morgan fingerprint density at radius 2 is 2.06 bits per heavy atom. The van der Waals surface area contributed by atoms with Crippen molar-refractivity contribution in [1.29, 1.82) is 0 Å². The highest BCUT2D eigenvalue weighted by Gasteiger charge is 2.15. The van der Waals surface area contributed by atoms with Crippen molar-refractivity contribution in [3.63, 3.8) is 0 Å². The number of ether oxygens (including phenoxy) is 1. The monoisotopic (exact) mass is 307 g/mol. The summed E-state index contributed by atoms with van der Waals surface area (Å²) in [5.74, 6) is 0.781. The number of aromatic nitrogens is 1. The molecule has 0 fully saturated rings. The molecular weight excluding hydrogens is 294 g/mol. The van der Waals surface area contributed by atoms with Gasteiger partial charge in [0, 0.05) is 17.1 Å². The second kappa shape index (κ2) is 5.98. The maximum Gasteiger partial charge on any atom is 0.122 e. The van der Waals surface area contributed by atoms with Crippen LogP contribution in [0, 0.1) is 0 Å². The van der Waals surface area contributed by atoms with Crippen LogP contribution in [0.3, 0.4) is 0 Å². The van der Waals surface area contributed by atoms with E-state index in [1.54, 1.807) is 13.3 Å². The van der Waals surface area contributed by atoms with Crippen LogP contribution in [0.2, 0.25) is 0 Å². The lowest BCUT2D eigenvalue weighted by molar-refractivity contribution is 0.171. The van der Waals surface area contributed by atoms with Gasteiger partial charge in [-0.25, -0.2) is 0 Å². The van der Waals surface area contributed by atoms with E-state index in [0.29, 0.717) is 12.1 Å². The Hall–Kier alpha value is -1.39. The summed E-state index contributed by atoms with van der Waals surface area (Å²) in [5.41, 5.74) is 1.61. The zero-order valence-corrected chi connectivity index (χ0v) is 11.6. The van der Waals surface area contributed by atoms with Gasteiger partial charge in [0.05, 0.1) is 12.8 Å². The average molecular weight is 308 g/mol. The van der Waals surface area contributed by atoms with Crippen molar-refractivity contribution in [3.8, 4) is 5.75 Å². The first kappa shape index (κ1) is 13.1. The number of pyridine rings is 1. The molecular formula is C14H14BrNO2. The molecule has 0 aliphatic rings. The number of halogens is 1. The first-order valence-corrected chi connectivity index (χ1v) is 6.42. The molecule has 1 unspecified atom stereocenters. The minimum atomic E-state index is -0.656. The highest BCUT2D eigenvalue weighted by atomic mass is 79.9. The zero-order valence-electron chi connectivity index (χ0n) is 10.0. The Morgan fingerprint density at radius 3 is 2.78 bits per heavy atom. The third kappa shape index (κ3) is 2.89. The summed E-state index contributed by atoms with van der Waals surface area (Å²) in [5, 5.41) is 10.2. The summed E-state index contributed by atoms with van der Waals surface area (Å²) in [4.78, 5) is 4.19. The molecule has 0 aliphatic heterocycles. The third-order valence-corrected chi connectivity index (χ3v) is 3.38. The summed E-state index contributed by atoms with van der Waals surface area (Å²) in [6, 6.07) is 11.4. The van der Waals surface area contributed by atoms with Gasteiger partial charge in [-0.2, -0.15) is 0 Å². The largest absolute Gasteiger partial charge is 0.496 e. The summed E-state index contributed by atoms with van der Waals surface area (Å²) in [7, 11) is 1.63. The number of methoxy groups -OCH3 is 1. The van der Waals surface area contributed by atoms with E-state index in [1.165, 1.54) is 0 Å². The molecule has 0 saturated heterocycles. The molecule has 0 radical (unpaired) electrons. The maximum atomic E-state index is 10.2. The number of aliphatic hydroxyl groups is 1.